The van der Waals surface area contributed by atoms with Crippen LogP contribution in [0.3, 0.4) is 0 Å². The van der Waals surface area contributed by atoms with Crippen molar-refractivity contribution >= 4 is 57.0 Å². The highest BCUT2D eigenvalue weighted by molar-refractivity contribution is 9.10. The molecule has 1 aliphatic rings. The Labute approximate surface area is 116 Å². The zero-order valence-electron chi connectivity index (χ0n) is 8.94. The number of nitrogens with zero attached hydrogens (tertiary/aromatic N) is 1. The van der Waals surface area contributed by atoms with Crippen molar-refractivity contribution in [2.24, 2.45) is 0 Å². The molecule has 1 fully saturated rings. The molecule has 3 nitrogen and oxygen atoms in total. The average molecular weight is 332 g/mol. The van der Waals surface area contributed by atoms with Gasteiger partial charge in [-0.2, -0.15) is 11.8 Å². The van der Waals surface area contributed by atoms with Gasteiger partial charge in [0.15, 0.2) is 17.1 Å². The number of furan rings is 1. The molecule has 0 bridgehead atoms. The Morgan fingerprint density at radius 2 is 2.06 bits per heavy atom. The molecule has 6 heteroatoms. The Morgan fingerprint density at radius 1 is 1.29 bits per heavy atom. The third-order valence-corrected chi connectivity index (χ3v) is 4.50. The van der Waals surface area contributed by atoms with Crippen molar-refractivity contribution in [2.45, 2.75) is 0 Å². The summed E-state index contributed by atoms with van der Waals surface area (Å²) in [6.07, 6.45) is 1.61. The van der Waals surface area contributed by atoms with E-state index in [4.69, 9.17) is 21.1 Å². The molecular formula is C11H10BrNO2S2. The third-order valence-electron chi connectivity index (χ3n) is 2.71. The predicted octanol–water partition coefficient (Wildman–Crippen LogP) is 4.07. The molecule has 0 radical (unpaired) electrons. The van der Waals surface area contributed by atoms with Crippen LogP contribution in [0.1, 0.15) is 0 Å². The maximum atomic E-state index is 5.86. The molecule has 3 heterocycles. The minimum absolute atomic E-state index is 0.641. The van der Waals surface area contributed by atoms with E-state index in [1.807, 2.05) is 17.8 Å². The standard InChI is InChI=1S/C11H10BrNO2S2/c12-7-6-14-11-8(16)5-9(15-10(7)11)13-1-3-17-4-2-13/h5-6H,1-4H2. The Hall–Kier alpha value is -0.460. The summed E-state index contributed by atoms with van der Waals surface area (Å²) >= 11 is 10.7. The normalized spacial score (nSPS) is 16.6. The van der Waals surface area contributed by atoms with Crippen LogP contribution in [0.25, 0.3) is 11.2 Å². The molecule has 0 aromatic carbocycles. The fraction of sp³-hybridized carbons (Fsp3) is 0.364. The third kappa shape index (κ3) is 2.13. The maximum absolute atomic E-state index is 5.86. The van der Waals surface area contributed by atoms with E-state index in [0.717, 1.165) is 35.0 Å². The van der Waals surface area contributed by atoms with Gasteiger partial charge in [0.05, 0.1) is 8.98 Å². The highest BCUT2D eigenvalue weighted by Crippen LogP contribution is 2.31. The van der Waals surface area contributed by atoms with Gasteiger partial charge in [0.2, 0.25) is 0 Å². The summed E-state index contributed by atoms with van der Waals surface area (Å²) in [5.74, 6) is 3.10. The molecule has 17 heavy (non-hydrogen) atoms. The first-order chi connectivity index (χ1) is 8.25. The van der Waals surface area contributed by atoms with E-state index in [1.165, 1.54) is 0 Å². The van der Waals surface area contributed by atoms with Crippen LogP contribution in [0.5, 0.6) is 0 Å². The van der Waals surface area contributed by atoms with E-state index in [2.05, 4.69) is 20.8 Å². The lowest BCUT2D eigenvalue weighted by atomic mass is 10.4. The van der Waals surface area contributed by atoms with Crippen LogP contribution >= 0.6 is 39.9 Å². The van der Waals surface area contributed by atoms with E-state index < -0.39 is 0 Å². The number of anilines is 1. The highest BCUT2D eigenvalue weighted by Gasteiger charge is 2.16. The first-order valence-electron chi connectivity index (χ1n) is 5.29. The van der Waals surface area contributed by atoms with Crippen molar-refractivity contribution in [1.82, 2.24) is 0 Å². The van der Waals surface area contributed by atoms with Gasteiger partial charge in [-0.1, -0.05) is 12.2 Å². The summed E-state index contributed by atoms with van der Waals surface area (Å²) < 4.78 is 12.7. The van der Waals surface area contributed by atoms with Crippen LogP contribution in [-0.4, -0.2) is 24.6 Å². The first-order valence-corrected chi connectivity index (χ1v) is 7.65. The molecule has 0 spiro atoms. The molecule has 90 valence electrons. The van der Waals surface area contributed by atoms with Crippen molar-refractivity contribution in [2.75, 3.05) is 29.5 Å². The second-order valence-electron chi connectivity index (χ2n) is 3.79. The number of fused-ring (bicyclic) bond motifs is 1. The van der Waals surface area contributed by atoms with E-state index in [1.54, 1.807) is 6.26 Å². The molecule has 0 N–H and O–H groups in total. The maximum Gasteiger partial charge on any atom is 0.197 e. The van der Waals surface area contributed by atoms with Gasteiger partial charge in [-0.05, 0) is 15.9 Å². The van der Waals surface area contributed by atoms with Gasteiger partial charge in [0.25, 0.3) is 0 Å². The van der Waals surface area contributed by atoms with Gasteiger partial charge in [-0.15, -0.1) is 0 Å². The average Bonchev–Trinajstić information content (AvgIpc) is 2.73. The number of rotatable bonds is 1. The van der Waals surface area contributed by atoms with Crippen LogP contribution in [0.4, 0.5) is 5.88 Å². The quantitative estimate of drug-likeness (QED) is 0.735. The molecule has 0 amide bonds. The number of hydrogen-bond acceptors (Lipinski definition) is 5. The van der Waals surface area contributed by atoms with Crippen molar-refractivity contribution in [3.63, 3.8) is 0 Å². The van der Waals surface area contributed by atoms with Crippen LogP contribution in [0.15, 0.2) is 25.6 Å². The molecule has 0 aliphatic carbocycles. The van der Waals surface area contributed by atoms with Crippen LogP contribution in [0.2, 0.25) is 0 Å². The molecule has 2 aromatic rings. The zero-order chi connectivity index (χ0) is 11.8. The molecule has 1 saturated heterocycles. The Kier molecular flexibility index (Phi) is 3.19. The minimum Gasteiger partial charge on any atom is -0.458 e. The Balaban J connectivity index is 2.10. The second-order valence-corrected chi connectivity index (χ2v) is 6.31. The lowest BCUT2D eigenvalue weighted by Gasteiger charge is -2.26. The van der Waals surface area contributed by atoms with Gasteiger partial charge in [-0.3, -0.25) is 0 Å². The Morgan fingerprint density at radius 3 is 2.82 bits per heavy atom. The van der Waals surface area contributed by atoms with Gasteiger partial charge in [0, 0.05) is 30.7 Å². The SMILES string of the molecule is S=c1cc(N2CCSCC2)oc2c(Br)coc12. The second kappa shape index (κ2) is 4.66. The van der Waals surface area contributed by atoms with Gasteiger partial charge >= 0.3 is 0 Å². The van der Waals surface area contributed by atoms with Gasteiger partial charge < -0.3 is 13.7 Å². The summed E-state index contributed by atoms with van der Waals surface area (Å²) in [6.45, 7) is 2.01. The summed E-state index contributed by atoms with van der Waals surface area (Å²) in [7, 11) is 0. The van der Waals surface area contributed by atoms with E-state index in [9.17, 15) is 0 Å². The summed E-state index contributed by atoms with van der Waals surface area (Å²) in [6, 6.07) is 1.88. The molecule has 0 unspecified atom stereocenters. The van der Waals surface area contributed by atoms with Crippen molar-refractivity contribution in [3.05, 3.63) is 21.3 Å². The largest absolute Gasteiger partial charge is 0.458 e. The lowest BCUT2D eigenvalue weighted by molar-refractivity contribution is 0.565. The molecule has 0 atom stereocenters. The fourth-order valence-corrected chi connectivity index (χ4v) is 3.34. The topological polar surface area (TPSA) is 29.5 Å². The van der Waals surface area contributed by atoms with Gasteiger partial charge in [0.1, 0.15) is 6.26 Å². The summed E-state index contributed by atoms with van der Waals surface area (Å²) in [4.78, 5) is 2.23. The number of thioether (sulfide) groups is 1. The van der Waals surface area contributed by atoms with Crippen LogP contribution < -0.4 is 4.90 Å². The first kappa shape index (κ1) is 11.6. The fourth-order valence-electron chi connectivity index (χ4n) is 1.84. The smallest absolute Gasteiger partial charge is 0.197 e. The monoisotopic (exact) mass is 331 g/mol. The lowest BCUT2D eigenvalue weighted by Crippen LogP contribution is -2.32. The Bertz CT molecular complexity index is 601. The van der Waals surface area contributed by atoms with Gasteiger partial charge in [-0.25, -0.2) is 0 Å². The van der Waals surface area contributed by atoms with Crippen molar-refractivity contribution < 1.29 is 8.83 Å². The molecular weight excluding hydrogens is 322 g/mol. The summed E-state index contributed by atoms with van der Waals surface area (Å²) in [5.41, 5.74) is 1.34. The van der Waals surface area contributed by atoms with Crippen LogP contribution in [-0.2, 0) is 0 Å². The molecule has 2 aromatic heterocycles. The van der Waals surface area contributed by atoms with Crippen molar-refractivity contribution in [1.29, 1.82) is 0 Å². The van der Waals surface area contributed by atoms with E-state index >= 15 is 0 Å². The highest BCUT2D eigenvalue weighted by atomic mass is 79.9. The summed E-state index contributed by atoms with van der Waals surface area (Å²) in [5, 5.41) is 0. The molecule has 1 aliphatic heterocycles. The number of halogens is 1. The predicted molar refractivity (Wildman–Crippen MR) is 76.6 cm³/mol. The van der Waals surface area contributed by atoms with E-state index in [0.29, 0.717) is 15.7 Å². The van der Waals surface area contributed by atoms with Crippen LogP contribution in [0, 0.1) is 4.51 Å². The molecule has 0 saturated carbocycles. The number of hydrogen-bond donors (Lipinski definition) is 0. The minimum atomic E-state index is 0.641. The zero-order valence-corrected chi connectivity index (χ0v) is 12.2. The van der Waals surface area contributed by atoms with Crippen molar-refractivity contribution in [3.8, 4) is 0 Å². The van der Waals surface area contributed by atoms with E-state index in [-0.39, 0.29) is 0 Å². The molecule has 3 rings (SSSR count).